The van der Waals surface area contributed by atoms with E-state index in [0.717, 1.165) is 18.8 Å². The number of anilines is 1. The minimum atomic E-state index is -0.599. The van der Waals surface area contributed by atoms with Gasteiger partial charge in [-0.05, 0) is 38.8 Å². The summed E-state index contributed by atoms with van der Waals surface area (Å²) >= 11 is 0. The molecule has 1 heterocycles. The summed E-state index contributed by atoms with van der Waals surface area (Å²) in [6.07, 6.45) is 1.39. The number of benzene rings is 1. The number of hydrogen-bond donors (Lipinski definition) is 2. The number of rotatable bonds is 2. The second-order valence-corrected chi connectivity index (χ2v) is 5.45. The van der Waals surface area contributed by atoms with E-state index in [1.54, 1.807) is 13.0 Å². The first-order valence-electron chi connectivity index (χ1n) is 6.42. The van der Waals surface area contributed by atoms with E-state index in [0.29, 0.717) is 18.4 Å². The Balaban J connectivity index is 2.27. The Morgan fingerprint density at radius 3 is 2.56 bits per heavy atom. The highest BCUT2D eigenvalue weighted by molar-refractivity contribution is 5.55. The van der Waals surface area contributed by atoms with Gasteiger partial charge in [0, 0.05) is 30.4 Å². The number of halogens is 1. The molecule has 0 bridgehead atoms. The van der Waals surface area contributed by atoms with Gasteiger partial charge in [0.05, 0.1) is 5.60 Å². The van der Waals surface area contributed by atoms with Crippen LogP contribution in [0.15, 0.2) is 18.2 Å². The third kappa shape index (κ3) is 2.65. The number of nitrogens with two attached hydrogens (primary N) is 1. The van der Waals surface area contributed by atoms with E-state index >= 15 is 0 Å². The maximum atomic E-state index is 13.9. The molecule has 0 amide bonds. The Kier molecular flexibility index (Phi) is 3.59. The Morgan fingerprint density at radius 2 is 2.00 bits per heavy atom. The topological polar surface area (TPSA) is 49.5 Å². The lowest BCUT2D eigenvalue weighted by Gasteiger charge is -2.38. The first-order valence-corrected chi connectivity index (χ1v) is 6.42. The van der Waals surface area contributed by atoms with Crippen molar-refractivity contribution in [2.24, 2.45) is 5.73 Å². The number of hydrogen-bond acceptors (Lipinski definition) is 3. The maximum Gasteiger partial charge on any atom is 0.130 e. The molecule has 1 aromatic carbocycles. The van der Waals surface area contributed by atoms with Crippen molar-refractivity contribution >= 4 is 5.69 Å². The van der Waals surface area contributed by atoms with Crippen molar-refractivity contribution < 1.29 is 9.50 Å². The van der Waals surface area contributed by atoms with Gasteiger partial charge in [-0.2, -0.15) is 0 Å². The zero-order chi connectivity index (χ0) is 13.3. The minimum Gasteiger partial charge on any atom is -0.390 e. The number of piperidine rings is 1. The van der Waals surface area contributed by atoms with Crippen LogP contribution in [0.1, 0.15) is 38.3 Å². The molecular formula is C14H21FN2O. The molecule has 1 saturated heterocycles. The molecule has 0 aliphatic carbocycles. The normalized spacial score (nSPS) is 20.8. The molecule has 2 rings (SSSR count). The second kappa shape index (κ2) is 4.86. The van der Waals surface area contributed by atoms with Gasteiger partial charge in [0.1, 0.15) is 5.82 Å². The van der Waals surface area contributed by atoms with Gasteiger partial charge in [-0.25, -0.2) is 4.39 Å². The van der Waals surface area contributed by atoms with Crippen molar-refractivity contribution in [3.63, 3.8) is 0 Å². The Hall–Kier alpha value is -1.13. The molecular weight excluding hydrogens is 231 g/mol. The quantitative estimate of drug-likeness (QED) is 0.848. The van der Waals surface area contributed by atoms with Crippen LogP contribution in [0.25, 0.3) is 0 Å². The van der Waals surface area contributed by atoms with Crippen molar-refractivity contribution in [2.45, 2.75) is 38.3 Å². The minimum absolute atomic E-state index is 0.250. The molecule has 3 N–H and O–H groups in total. The van der Waals surface area contributed by atoms with E-state index in [9.17, 15) is 9.50 Å². The molecule has 1 atom stereocenters. The summed E-state index contributed by atoms with van der Waals surface area (Å²) in [4.78, 5) is 2.11. The lowest BCUT2D eigenvalue weighted by Crippen LogP contribution is -2.43. The van der Waals surface area contributed by atoms with Crippen molar-refractivity contribution in [3.05, 3.63) is 29.6 Å². The summed E-state index contributed by atoms with van der Waals surface area (Å²) < 4.78 is 13.9. The summed E-state index contributed by atoms with van der Waals surface area (Å²) in [6.45, 7) is 5.11. The van der Waals surface area contributed by atoms with Gasteiger partial charge in [-0.1, -0.05) is 6.07 Å². The SMILES string of the molecule is C[C@@H](N)c1c(F)cccc1N1CCC(C)(O)CC1. The van der Waals surface area contributed by atoms with Gasteiger partial charge >= 0.3 is 0 Å². The summed E-state index contributed by atoms with van der Waals surface area (Å²) in [6, 6.07) is 4.73. The van der Waals surface area contributed by atoms with E-state index in [4.69, 9.17) is 5.73 Å². The summed E-state index contributed by atoms with van der Waals surface area (Å²) in [5.41, 5.74) is 6.69. The van der Waals surface area contributed by atoms with Gasteiger partial charge in [0.25, 0.3) is 0 Å². The average Bonchev–Trinajstić information content (AvgIpc) is 2.28. The van der Waals surface area contributed by atoms with Crippen LogP contribution in [-0.4, -0.2) is 23.8 Å². The molecule has 0 saturated carbocycles. The molecule has 0 aromatic heterocycles. The highest BCUT2D eigenvalue weighted by atomic mass is 19.1. The standard InChI is InChI=1S/C14H21FN2O/c1-10(16)13-11(15)4-3-5-12(13)17-8-6-14(2,18)7-9-17/h3-5,10,18H,6-9,16H2,1-2H3/t10-/m1/s1. The monoisotopic (exact) mass is 252 g/mol. The van der Waals surface area contributed by atoms with Crippen LogP contribution in [0.4, 0.5) is 10.1 Å². The molecule has 1 aliphatic heterocycles. The smallest absolute Gasteiger partial charge is 0.130 e. The van der Waals surface area contributed by atoms with Crippen molar-refractivity contribution in [1.29, 1.82) is 0 Å². The molecule has 4 heteroatoms. The van der Waals surface area contributed by atoms with E-state index in [-0.39, 0.29) is 11.9 Å². The molecule has 18 heavy (non-hydrogen) atoms. The Morgan fingerprint density at radius 1 is 1.39 bits per heavy atom. The van der Waals surface area contributed by atoms with Crippen molar-refractivity contribution in [2.75, 3.05) is 18.0 Å². The summed E-state index contributed by atoms with van der Waals surface area (Å²) in [7, 11) is 0. The lowest BCUT2D eigenvalue weighted by atomic mass is 9.92. The van der Waals surface area contributed by atoms with Crippen LogP contribution in [0.5, 0.6) is 0 Å². The van der Waals surface area contributed by atoms with Crippen LogP contribution >= 0.6 is 0 Å². The molecule has 0 spiro atoms. The molecule has 1 fully saturated rings. The van der Waals surface area contributed by atoms with Crippen molar-refractivity contribution in [3.8, 4) is 0 Å². The van der Waals surface area contributed by atoms with Gasteiger partial charge in [-0.3, -0.25) is 0 Å². The van der Waals surface area contributed by atoms with Crippen LogP contribution in [0.2, 0.25) is 0 Å². The third-order valence-corrected chi connectivity index (χ3v) is 3.67. The number of aliphatic hydroxyl groups is 1. The largest absolute Gasteiger partial charge is 0.390 e. The van der Waals surface area contributed by atoms with E-state index in [2.05, 4.69) is 4.90 Å². The Labute approximate surface area is 107 Å². The molecule has 1 aliphatic rings. The molecule has 3 nitrogen and oxygen atoms in total. The zero-order valence-corrected chi connectivity index (χ0v) is 11.0. The molecule has 0 radical (unpaired) electrons. The fraction of sp³-hybridized carbons (Fsp3) is 0.571. The highest BCUT2D eigenvalue weighted by Crippen LogP contribution is 2.32. The molecule has 100 valence electrons. The van der Waals surface area contributed by atoms with Crippen LogP contribution in [-0.2, 0) is 0 Å². The summed E-state index contributed by atoms with van der Waals surface area (Å²) in [5, 5.41) is 9.95. The fourth-order valence-corrected chi connectivity index (χ4v) is 2.48. The van der Waals surface area contributed by atoms with Gasteiger partial charge < -0.3 is 15.7 Å². The number of nitrogens with zero attached hydrogens (tertiary/aromatic N) is 1. The predicted molar refractivity (Wildman–Crippen MR) is 71.1 cm³/mol. The van der Waals surface area contributed by atoms with E-state index in [1.807, 2.05) is 13.0 Å². The second-order valence-electron chi connectivity index (χ2n) is 5.45. The van der Waals surface area contributed by atoms with Crippen LogP contribution in [0, 0.1) is 5.82 Å². The average molecular weight is 252 g/mol. The highest BCUT2D eigenvalue weighted by Gasteiger charge is 2.29. The zero-order valence-electron chi connectivity index (χ0n) is 11.0. The maximum absolute atomic E-state index is 13.9. The Bertz CT molecular complexity index is 422. The first kappa shape index (κ1) is 13.3. The van der Waals surface area contributed by atoms with Gasteiger partial charge in [0.15, 0.2) is 0 Å². The molecule has 1 aromatic rings. The van der Waals surface area contributed by atoms with Crippen LogP contribution in [0.3, 0.4) is 0 Å². The summed E-state index contributed by atoms with van der Waals surface area (Å²) in [5.74, 6) is -0.250. The third-order valence-electron chi connectivity index (χ3n) is 3.67. The lowest BCUT2D eigenvalue weighted by molar-refractivity contribution is 0.0351. The molecule has 0 unspecified atom stereocenters. The van der Waals surface area contributed by atoms with Gasteiger partial charge in [-0.15, -0.1) is 0 Å². The van der Waals surface area contributed by atoms with Gasteiger partial charge in [0.2, 0.25) is 0 Å². The van der Waals surface area contributed by atoms with Crippen LogP contribution < -0.4 is 10.6 Å². The first-order chi connectivity index (χ1) is 8.41. The fourth-order valence-electron chi connectivity index (χ4n) is 2.48. The van der Waals surface area contributed by atoms with E-state index < -0.39 is 5.60 Å². The predicted octanol–water partition coefficient (Wildman–Crippen LogP) is 2.20. The van der Waals surface area contributed by atoms with Crippen molar-refractivity contribution in [1.82, 2.24) is 0 Å². The van der Waals surface area contributed by atoms with E-state index in [1.165, 1.54) is 6.07 Å².